The minimum atomic E-state index is -0.244. The fourth-order valence-corrected chi connectivity index (χ4v) is 2.88. The molecule has 1 amide bonds. The maximum absolute atomic E-state index is 12.6. The zero-order valence-corrected chi connectivity index (χ0v) is 16.5. The van der Waals surface area contributed by atoms with Gasteiger partial charge in [0.05, 0.1) is 12.8 Å². The van der Waals surface area contributed by atoms with E-state index in [4.69, 9.17) is 4.74 Å². The maximum atomic E-state index is 12.6. The third kappa shape index (κ3) is 4.85. The summed E-state index contributed by atoms with van der Waals surface area (Å²) in [6.45, 7) is 6.29. The van der Waals surface area contributed by atoms with Crippen LogP contribution in [0.5, 0.6) is 5.75 Å². The summed E-state index contributed by atoms with van der Waals surface area (Å²) in [7, 11) is 1.61. The second kappa shape index (κ2) is 8.52. The Bertz CT molecular complexity index is 1000. The van der Waals surface area contributed by atoms with E-state index in [1.165, 1.54) is 0 Å². The van der Waals surface area contributed by atoms with E-state index in [2.05, 4.69) is 20.6 Å². The minimum Gasteiger partial charge on any atom is -0.495 e. The molecule has 0 bridgehead atoms. The van der Waals surface area contributed by atoms with Crippen molar-refractivity contribution in [2.45, 2.75) is 27.3 Å². The quantitative estimate of drug-likeness (QED) is 0.678. The van der Waals surface area contributed by atoms with Gasteiger partial charge in [-0.25, -0.2) is 9.97 Å². The van der Waals surface area contributed by atoms with E-state index >= 15 is 0 Å². The molecule has 0 spiro atoms. The van der Waals surface area contributed by atoms with E-state index in [0.717, 1.165) is 22.4 Å². The van der Waals surface area contributed by atoms with Crippen LogP contribution in [-0.2, 0) is 6.54 Å². The molecule has 2 aromatic carbocycles. The van der Waals surface area contributed by atoms with Gasteiger partial charge in [-0.05, 0) is 50.1 Å². The maximum Gasteiger partial charge on any atom is 0.270 e. The van der Waals surface area contributed by atoms with Crippen LogP contribution in [0.3, 0.4) is 0 Å². The molecule has 0 saturated heterocycles. The van der Waals surface area contributed by atoms with Gasteiger partial charge >= 0.3 is 0 Å². The van der Waals surface area contributed by atoms with E-state index in [0.29, 0.717) is 29.6 Å². The fourth-order valence-electron chi connectivity index (χ4n) is 2.88. The highest BCUT2D eigenvalue weighted by Gasteiger charge is 2.12. The van der Waals surface area contributed by atoms with Gasteiger partial charge in [-0.2, -0.15) is 0 Å². The van der Waals surface area contributed by atoms with Gasteiger partial charge in [0.15, 0.2) is 0 Å². The molecule has 1 aromatic heterocycles. The van der Waals surface area contributed by atoms with Gasteiger partial charge in [0.1, 0.15) is 11.4 Å². The van der Waals surface area contributed by atoms with Gasteiger partial charge in [-0.15, -0.1) is 0 Å². The molecule has 0 saturated carbocycles. The Kier molecular flexibility index (Phi) is 5.89. The van der Waals surface area contributed by atoms with Crippen LogP contribution < -0.4 is 15.4 Å². The smallest absolute Gasteiger partial charge is 0.270 e. The van der Waals surface area contributed by atoms with Crippen LogP contribution in [0.1, 0.15) is 32.9 Å². The molecule has 0 aliphatic heterocycles. The summed E-state index contributed by atoms with van der Waals surface area (Å²) in [5.41, 5.74) is 5.04. The molecule has 0 aliphatic carbocycles. The number of methoxy groups -OCH3 is 1. The Morgan fingerprint density at radius 1 is 1.00 bits per heavy atom. The molecule has 144 valence electrons. The summed E-state index contributed by atoms with van der Waals surface area (Å²) in [6, 6.07) is 15.5. The van der Waals surface area contributed by atoms with Gasteiger partial charge < -0.3 is 15.4 Å². The van der Waals surface area contributed by atoms with Crippen LogP contribution in [0.25, 0.3) is 0 Å². The summed E-state index contributed by atoms with van der Waals surface area (Å²) in [4.78, 5) is 21.3. The Morgan fingerprint density at radius 3 is 2.54 bits per heavy atom. The first-order valence-corrected chi connectivity index (χ1v) is 9.05. The normalized spacial score (nSPS) is 10.4. The van der Waals surface area contributed by atoms with Gasteiger partial charge in [-0.1, -0.05) is 35.9 Å². The first kappa shape index (κ1) is 19.4. The number of nitrogens with zero attached hydrogens (tertiary/aromatic N) is 2. The monoisotopic (exact) mass is 376 g/mol. The molecule has 0 aliphatic rings. The van der Waals surface area contributed by atoms with Crippen molar-refractivity contribution in [3.05, 3.63) is 76.6 Å². The zero-order chi connectivity index (χ0) is 20.1. The number of carbonyl (C=O) groups excluding carboxylic acids is 1. The summed E-state index contributed by atoms with van der Waals surface area (Å²) in [5.74, 6) is 0.789. The second-order valence-electron chi connectivity index (χ2n) is 6.72. The number of hydrogen-bond donors (Lipinski definition) is 2. The molecular weight excluding hydrogens is 352 g/mol. The first-order valence-electron chi connectivity index (χ1n) is 9.05. The van der Waals surface area contributed by atoms with Crippen LogP contribution >= 0.6 is 0 Å². The Morgan fingerprint density at radius 2 is 1.79 bits per heavy atom. The molecule has 0 unspecified atom stereocenters. The average molecular weight is 376 g/mol. The van der Waals surface area contributed by atoms with Crippen LogP contribution in [0, 0.1) is 20.8 Å². The molecule has 2 N–H and O–H groups in total. The summed E-state index contributed by atoms with van der Waals surface area (Å²) in [6.07, 6.45) is 0. The highest BCUT2D eigenvalue weighted by molar-refractivity contribution is 5.92. The van der Waals surface area contributed by atoms with Crippen LogP contribution in [-0.4, -0.2) is 23.0 Å². The lowest BCUT2D eigenvalue weighted by Gasteiger charge is -2.12. The number of ether oxygens (including phenoxy) is 1. The Balaban J connectivity index is 1.77. The predicted octanol–water partition coefficient (Wildman–Crippen LogP) is 4.08. The number of amides is 1. The van der Waals surface area contributed by atoms with Crippen molar-refractivity contribution in [2.75, 3.05) is 12.4 Å². The molecule has 0 fully saturated rings. The topological polar surface area (TPSA) is 76.1 Å². The Labute approximate surface area is 165 Å². The van der Waals surface area contributed by atoms with Crippen molar-refractivity contribution >= 4 is 17.5 Å². The molecule has 1 heterocycles. The number of nitrogens with one attached hydrogen (secondary N) is 2. The molecule has 6 heteroatoms. The molecule has 0 radical (unpaired) electrons. The average Bonchev–Trinajstić information content (AvgIpc) is 2.66. The van der Waals surface area contributed by atoms with Crippen LogP contribution in [0.4, 0.5) is 11.6 Å². The second-order valence-corrected chi connectivity index (χ2v) is 6.72. The molecular formula is C22H24N4O2. The number of hydrogen-bond acceptors (Lipinski definition) is 5. The lowest BCUT2D eigenvalue weighted by Crippen LogP contribution is -2.24. The van der Waals surface area contributed by atoms with Gasteiger partial charge in [0.25, 0.3) is 5.91 Å². The van der Waals surface area contributed by atoms with Crippen LogP contribution in [0.15, 0.2) is 48.5 Å². The van der Waals surface area contributed by atoms with E-state index in [9.17, 15) is 4.79 Å². The van der Waals surface area contributed by atoms with Gasteiger partial charge in [0.2, 0.25) is 5.95 Å². The van der Waals surface area contributed by atoms with E-state index in [1.54, 1.807) is 13.2 Å². The number of aryl methyl sites for hydroxylation is 3. The number of anilines is 2. The first-order chi connectivity index (χ1) is 13.4. The van der Waals surface area contributed by atoms with Crippen molar-refractivity contribution in [3.63, 3.8) is 0 Å². The summed E-state index contributed by atoms with van der Waals surface area (Å²) >= 11 is 0. The summed E-state index contributed by atoms with van der Waals surface area (Å²) in [5, 5.41) is 6.07. The summed E-state index contributed by atoms with van der Waals surface area (Å²) < 4.78 is 5.38. The third-order valence-electron chi connectivity index (χ3n) is 4.22. The van der Waals surface area contributed by atoms with Crippen molar-refractivity contribution in [1.29, 1.82) is 0 Å². The van der Waals surface area contributed by atoms with E-state index in [1.807, 2.05) is 63.2 Å². The number of carbonyl (C=O) groups is 1. The predicted molar refractivity (Wildman–Crippen MR) is 110 cm³/mol. The lowest BCUT2D eigenvalue weighted by atomic mass is 10.1. The molecule has 3 aromatic rings. The molecule has 0 atom stereocenters. The number of rotatable bonds is 6. The number of benzene rings is 2. The Hall–Kier alpha value is -3.41. The third-order valence-corrected chi connectivity index (χ3v) is 4.22. The van der Waals surface area contributed by atoms with E-state index < -0.39 is 0 Å². The fraction of sp³-hybridized carbons (Fsp3) is 0.227. The molecule has 6 nitrogen and oxygen atoms in total. The van der Waals surface area contributed by atoms with Crippen molar-refractivity contribution < 1.29 is 9.53 Å². The van der Waals surface area contributed by atoms with Gasteiger partial charge in [0, 0.05) is 12.2 Å². The van der Waals surface area contributed by atoms with Gasteiger partial charge in [-0.3, -0.25) is 4.79 Å². The minimum absolute atomic E-state index is 0.244. The van der Waals surface area contributed by atoms with E-state index in [-0.39, 0.29) is 5.91 Å². The standard InChI is InChI=1S/C22H24N4O2/c1-14-6-5-7-17(10-14)13-23-21(27)19-12-16(3)24-22(26-19)25-18-11-15(2)8-9-20(18)28-4/h5-12H,13H2,1-4H3,(H,23,27)(H,24,25,26). The highest BCUT2D eigenvalue weighted by Crippen LogP contribution is 2.27. The van der Waals surface area contributed by atoms with Crippen LogP contribution in [0.2, 0.25) is 0 Å². The molecule has 3 rings (SSSR count). The van der Waals surface area contributed by atoms with Crippen molar-refractivity contribution in [2.24, 2.45) is 0 Å². The zero-order valence-electron chi connectivity index (χ0n) is 16.5. The lowest BCUT2D eigenvalue weighted by molar-refractivity contribution is 0.0945. The van der Waals surface area contributed by atoms with Crippen molar-refractivity contribution in [3.8, 4) is 5.75 Å². The molecule has 28 heavy (non-hydrogen) atoms. The van der Waals surface area contributed by atoms with Crippen molar-refractivity contribution in [1.82, 2.24) is 15.3 Å². The number of aromatic nitrogens is 2. The highest BCUT2D eigenvalue weighted by atomic mass is 16.5. The largest absolute Gasteiger partial charge is 0.495 e. The SMILES string of the molecule is COc1ccc(C)cc1Nc1nc(C)cc(C(=O)NCc2cccc(C)c2)n1.